The molecular weight excluding hydrogens is 318 g/mol. The number of aromatic nitrogens is 1. The van der Waals surface area contributed by atoms with Crippen molar-refractivity contribution in [3.63, 3.8) is 0 Å². The van der Waals surface area contributed by atoms with E-state index in [-0.39, 0.29) is 17.6 Å². The summed E-state index contributed by atoms with van der Waals surface area (Å²) < 4.78 is 5.26. The van der Waals surface area contributed by atoms with Gasteiger partial charge in [0.1, 0.15) is 11.5 Å². The van der Waals surface area contributed by atoms with Crippen molar-refractivity contribution in [1.29, 1.82) is 0 Å². The highest BCUT2D eigenvalue weighted by atomic mass is 16.5. The highest BCUT2D eigenvalue weighted by molar-refractivity contribution is 5.94. The Labute approximate surface area is 149 Å². The Kier molecular flexibility index (Phi) is 5.57. The third-order valence-corrected chi connectivity index (χ3v) is 5.50. The molecule has 2 fully saturated rings. The maximum absolute atomic E-state index is 12.3. The minimum absolute atomic E-state index is 0.0553. The van der Waals surface area contributed by atoms with Gasteiger partial charge < -0.3 is 15.2 Å². The molecule has 0 unspecified atom stereocenters. The molecule has 6 heteroatoms. The Hall–Kier alpha value is -1.69. The van der Waals surface area contributed by atoms with Crippen LogP contribution in [0.3, 0.4) is 0 Å². The lowest BCUT2D eigenvalue weighted by Gasteiger charge is -2.34. The molecule has 2 aliphatic rings. The van der Waals surface area contributed by atoms with Gasteiger partial charge in [-0.2, -0.15) is 0 Å². The number of amides is 1. The van der Waals surface area contributed by atoms with E-state index >= 15 is 0 Å². The van der Waals surface area contributed by atoms with Crippen LogP contribution in [0, 0.1) is 11.8 Å². The van der Waals surface area contributed by atoms with Gasteiger partial charge >= 0.3 is 0 Å². The van der Waals surface area contributed by atoms with Crippen molar-refractivity contribution >= 4 is 11.7 Å². The average molecular weight is 347 g/mol. The van der Waals surface area contributed by atoms with Crippen molar-refractivity contribution in [3.8, 4) is 0 Å². The van der Waals surface area contributed by atoms with Crippen LogP contribution in [0.25, 0.3) is 0 Å². The molecule has 2 N–H and O–H groups in total. The van der Waals surface area contributed by atoms with Crippen molar-refractivity contribution in [2.75, 3.05) is 13.1 Å². The number of likely N-dealkylation sites (tertiary alicyclic amines) is 1. The van der Waals surface area contributed by atoms with Crippen LogP contribution in [-0.4, -0.2) is 40.9 Å². The summed E-state index contributed by atoms with van der Waals surface area (Å²) in [5.74, 6) is 2.10. The van der Waals surface area contributed by atoms with Crippen LogP contribution in [0.15, 0.2) is 10.6 Å². The predicted molar refractivity (Wildman–Crippen MR) is 94.2 cm³/mol. The number of rotatable bonds is 7. The number of Topliss-reactive ketones (excluding diaryl/α,β-unsaturated/α-hetero) is 1. The first-order valence-corrected chi connectivity index (χ1v) is 9.50. The van der Waals surface area contributed by atoms with Gasteiger partial charge in [-0.3, -0.25) is 9.59 Å². The molecule has 1 saturated carbocycles. The fraction of sp³-hybridized carbons (Fsp3) is 0.737. The summed E-state index contributed by atoms with van der Waals surface area (Å²) in [7, 11) is 0. The molecule has 0 radical (unpaired) electrons. The van der Waals surface area contributed by atoms with Crippen molar-refractivity contribution < 1.29 is 14.1 Å². The normalized spacial score (nSPS) is 20.1. The number of carbonyl (C=O) groups is 2. The van der Waals surface area contributed by atoms with Crippen molar-refractivity contribution in [1.82, 2.24) is 10.1 Å². The SMILES string of the molecule is CC(C)[C@@H](N)C(=O)N1CCC(CCC(=O)c2cc(C3CC3)on2)CC1. The maximum Gasteiger partial charge on any atom is 0.239 e. The molecule has 1 saturated heterocycles. The first kappa shape index (κ1) is 18.1. The molecule has 1 atom stereocenters. The van der Waals surface area contributed by atoms with E-state index in [9.17, 15) is 9.59 Å². The Balaban J connectivity index is 1.41. The molecule has 3 rings (SSSR count). The second-order valence-corrected chi connectivity index (χ2v) is 7.89. The van der Waals surface area contributed by atoms with Crippen LogP contribution < -0.4 is 5.73 Å². The summed E-state index contributed by atoms with van der Waals surface area (Å²) >= 11 is 0. The molecule has 0 spiro atoms. The molecule has 25 heavy (non-hydrogen) atoms. The molecule has 0 bridgehead atoms. The summed E-state index contributed by atoms with van der Waals surface area (Å²) in [6.07, 6.45) is 5.51. The number of carbonyl (C=O) groups excluding carboxylic acids is 2. The van der Waals surface area contributed by atoms with Crippen molar-refractivity contribution in [2.24, 2.45) is 17.6 Å². The van der Waals surface area contributed by atoms with Crippen LogP contribution in [0.2, 0.25) is 0 Å². The predicted octanol–water partition coefficient (Wildman–Crippen LogP) is 2.74. The summed E-state index contributed by atoms with van der Waals surface area (Å²) in [6, 6.07) is 1.40. The average Bonchev–Trinajstić information content (AvgIpc) is 3.35. The lowest BCUT2D eigenvalue weighted by molar-refractivity contribution is -0.135. The van der Waals surface area contributed by atoms with Gasteiger partial charge in [0, 0.05) is 31.5 Å². The Bertz CT molecular complexity index is 613. The Morgan fingerprint density at radius 2 is 1.96 bits per heavy atom. The van der Waals surface area contributed by atoms with Crippen LogP contribution >= 0.6 is 0 Å². The van der Waals surface area contributed by atoms with Crippen LogP contribution in [0.1, 0.15) is 74.5 Å². The van der Waals surface area contributed by atoms with E-state index in [1.54, 1.807) is 0 Å². The van der Waals surface area contributed by atoms with Crippen LogP contribution in [0.5, 0.6) is 0 Å². The topological polar surface area (TPSA) is 89.4 Å². The zero-order chi connectivity index (χ0) is 18.0. The van der Waals surface area contributed by atoms with Gasteiger partial charge in [0.25, 0.3) is 0 Å². The molecule has 2 heterocycles. The van der Waals surface area contributed by atoms with Gasteiger partial charge in [-0.05, 0) is 43.9 Å². The molecule has 1 aliphatic carbocycles. The monoisotopic (exact) mass is 347 g/mol. The number of hydrogen-bond donors (Lipinski definition) is 1. The minimum Gasteiger partial charge on any atom is -0.360 e. The van der Waals surface area contributed by atoms with Gasteiger partial charge in [-0.15, -0.1) is 0 Å². The van der Waals surface area contributed by atoms with Crippen molar-refractivity contribution in [3.05, 3.63) is 17.5 Å². The third-order valence-electron chi connectivity index (χ3n) is 5.50. The minimum atomic E-state index is -0.411. The third kappa shape index (κ3) is 4.48. The van der Waals surface area contributed by atoms with E-state index < -0.39 is 6.04 Å². The fourth-order valence-corrected chi connectivity index (χ4v) is 3.38. The van der Waals surface area contributed by atoms with Gasteiger partial charge in [-0.25, -0.2) is 0 Å². The first-order valence-electron chi connectivity index (χ1n) is 9.50. The van der Waals surface area contributed by atoms with E-state index in [0.29, 0.717) is 24.0 Å². The van der Waals surface area contributed by atoms with E-state index in [0.717, 1.165) is 51.0 Å². The quantitative estimate of drug-likeness (QED) is 0.766. The molecule has 1 aromatic rings. The highest BCUT2D eigenvalue weighted by Gasteiger charge is 2.30. The summed E-state index contributed by atoms with van der Waals surface area (Å²) in [6.45, 7) is 5.43. The summed E-state index contributed by atoms with van der Waals surface area (Å²) in [5, 5.41) is 3.92. The molecule has 138 valence electrons. The standard InChI is InChI=1S/C19H29N3O3/c1-12(2)18(20)19(24)22-9-7-13(8-10-22)3-6-16(23)15-11-17(25-21-15)14-4-5-14/h11-14,18H,3-10,20H2,1-2H3/t18-/m1/s1. The summed E-state index contributed by atoms with van der Waals surface area (Å²) in [4.78, 5) is 26.4. The number of nitrogens with zero attached hydrogens (tertiary/aromatic N) is 2. The zero-order valence-corrected chi connectivity index (χ0v) is 15.2. The van der Waals surface area contributed by atoms with Crippen LogP contribution in [-0.2, 0) is 4.79 Å². The summed E-state index contributed by atoms with van der Waals surface area (Å²) in [5.41, 5.74) is 6.43. The molecular formula is C19H29N3O3. The van der Waals surface area contributed by atoms with Gasteiger partial charge in [-0.1, -0.05) is 19.0 Å². The molecule has 1 amide bonds. The second-order valence-electron chi connectivity index (χ2n) is 7.89. The highest BCUT2D eigenvalue weighted by Crippen LogP contribution is 2.40. The fourth-order valence-electron chi connectivity index (χ4n) is 3.38. The number of piperidine rings is 1. The molecule has 1 aliphatic heterocycles. The number of ketones is 1. The second kappa shape index (κ2) is 7.68. The van der Waals surface area contributed by atoms with E-state index in [2.05, 4.69) is 5.16 Å². The molecule has 1 aromatic heterocycles. The van der Waals surface area contributed by atoms with E-state index in [1.807, 2.05) is 24.8 Å². The largest absolute Gasteiger partial charge is 0.360 e. The van der Waals surface area contributed by atoms with Gasteiger partial charge in [0.2, 0.25) is 5.91 Å². The lowest BCUT2D eigenvalue weighted by atomic mass is 9.90. The van der Waals surface area contributed by atoms with Crippen molar-refractivity contribution in [2.45, 2.75) is 64.3 Å². The maximum atomic E-state index is 12.3. The Morgan fingerprint density at radius 1 is 1.28 bits per heavy atom. The smallest absolute Gasteiger partial charge is 0.239 e. The van der Waals surface area contributed by atoms with Gasteiger partial charge in [0.15, 0.2) is 5.78 Å². The van der Waals surface area contributed by atoms with E-state index in [1.165, 1.54) is 0 Å². The lowest BCUT2D eigenvalue weighted by Crippen LogP contribution is -2.49. The van der Waals surface area contributed by atoms with Gasteiger partial charge in [0.05, 0.1) is 6.04 Å². The molecule has 0 aromatic carbocycles. The Morgan fingerprint density at radius 3 is 2.56 bits per heavy atom. The zero-order valence-electron chi connectivity index (χ0n) is 15.2. The molecule has 6 nitrogen and oxygen atoms in total. The van der Waals surface area contributed by atoms with E-state index in [4.69, 9.17) is 10.3 Å². The number of nitrogens with two attached hydrogens (primary N) is 1. The number of hydrogen-bond acceptors (Lipinski definition) is 5. The first-order chi connectivity index (χ1) is 12.0. The van der Waals surface area contributed by atoms with Crippen LogP contribution in [0.4, 0.5) is 0 Å².